The van der Waals surface area contributed by atoms with Crippen molar-refractivity contribution in [3.8, 4) is 0 Å². The molecule has 0 aliphatic heterocycles. The van der Waals surface area contributed by atoms with Crippen molar-refractivity contribution in [3.63, 3.8) is 0 Å². The number of thiol groups is 1. The number of aromatic nitrogens is 1. The molecule has 6 nitrogen and oxygen atoms in total. The van der Waals surface area contributed by atoms with Crippen LogP contribution < -0.4 is 5.32 Å². The van der Waals surface area contributed by atoms with Gasteiger partial charge in [-0.2, -0.15) is 4.91 Å². The van der Waals surface area contributed by atoms with E-state index >= 15 is 0 Å². The molecule has 1 aromatic rings. The Labute approximate surface area is 113 Å². The summed E-state index contributed by atoms with van der Waals surface area (Å²) in [5.74, 6) is -1.24. The number of thiazole rings is 1. The average Bonchev–Trinajstić information content (AvgIpc) is 2.70. The molecule has 0 radical (unpaired) electrons. The van der Waals surface area contributed by atoms with Crippen molar-refractivity contribution in [2.24, 2.45) is 5.18 Å². The molecule has 1 unspecified atom stereocenters. The summed E-state index contributed by atoms with van der Waals surface area (Å²) in [5, 5.41) is 14.9. The number of anilines is 1. The minimum absolute atomic E-state index is 0.463. The number of fused-ring (bicyclic) bond motifs is 1. The molecule has 0 saturated heterocycles. The lowest BCUT2D eigenvalue weighted by Crippen LogP contribution is -2.43. The van der Waals surface area contributed by atoms with E-state index in [9.17, 15) is 9.70 Å². The Balaban J connectivity index is 2.19. The van der Waals surface area contributed by atoms with Gasteiger partial charge in [0.05, 0.1) is 5.69 Å². The Kier molecular flexibility index (Phi) is 3.86. The highest BCUT2D eigenvalue weighted by molar-refractivity contribution is 7.83. The molecule has 8 heteroatoms. The summed E-state index contributed by atoms with van der Waals surface area (Å²) in [5.41, 5.74) is 1.02. The fourth-order valence-corrected chi connectivity index (χ4v) is 3.20. The first kappa shape index (κ1) is 13.3. The maximum Gasteiger partial charge on any atom is 0.341 e. The van der Waals surface area contributed by atoms with E-state index < -0.39 is 17.4 Å². The lowest BCUT2D eigenvalue weighted by atomic mass is 10.0. The first-order chi connectivity index (χ1) is 8.55. The number of nitrogens with one attached hydrogen (secondary N) is 1. The van der Waals surface area contributed by atoms with Gasteiger partial charge >= 0.3 is 5.97 Å². The molecule has 0 amide bonds. The number of carboxylic acid groups (broad SMARTS) is 1. The average molecular weight is 287 g/mol. The molecule has 1 aliphatic rings. The normalized spacial score (nSPS) is 17.6. The zero-order valence-corrected chi connectivity index (χ0v) is 11.3. The number of rotatable bonds is 5. The predicted molar refractivity (Wildman–Crippen MR) is 72.4 cm³/mol. The van der Waals surface area contributed by atoms with Crippen LogP contribution in [0, 0.1) is 4.91 Å². The van der Waals surface area contributed by atoms with Gasteiger partial charge in [0.2, 0.25) is 4.87 Å². The summed E-state index contributed by atoms with van der Waals surface area (Å²) >= 11 is 5.41. The fraction of sp³-hybridized carbons (Fsp3) is 0.600. The molecule has 2 rings (SSSR count). The molecule has 98 valence electrons. The van der Waals surface area contributed by atoms with Crippen molar-refractivity contribution in [3.05, 3.63) is 15.5 Å². The van der Waals surface area contributed by atoms with E-state index in [1.807, 2.05) is 0 Å². The van der Waals surface area contributed by atoms with E-state index in [2.05, 4.69) is 28.1 Å². The first-order valence-electron chi connectivity index (χ1n) is 5.57. The number of hydrogen-bond donors (Lipinski definition) is 3. The van der Waals surface area contributed by atoms with Crippen LogP contribution in [0.25, 0.3) is 0 Å². The van der Waals surface area contributed by atoms with Gasteiger partial charge < -0.3 is 10.4 Å². The highest BCUT2D eigenvalue weighted by Crippen LogP contribution is 2.31. The van der Waals surface area contributed by atoms with E-state index in [1.54, 1.807) is 0 Å². The van der Waals surface area contributed by atoms with E-state index in [1.165, 1.54) is 16.2 Å². The minimum Gasteiger partial charge on any atom is -0.479 e. The lowest BCUT2D eigenvalue weighted by molar-refractivity contribution is -0.138. The van der Waals surface area contributed by atoms with Gasteiger partial charge in [-0.25, -0.2) is 9.78 Å². The summed E-state index contributed by atoms with van der Waals surface area (Å²) in [6, 6.07) is 0. The standard InChI is InChI=1S/C10H13N3O3S2/c14-8(15)10(17,5-11-16)13-9-12-6-3-1-2-4-7(6)18-9/h17H,1-5H2,(H,12,13)(H,14,15). The summed E-state index contributed by atoms with van der Waals surface area (Å²) in [7, 11) is 0. The number of aryl methyl sites for hydroxylation is 2. The molecule has 1 aliphatic carbocycles. The van der Waals surface area contributed by atoms with E-state index in [4.69, 9.17) is 5.11 Å². The highest BCUT2D eigenvalue weighted by Gasteiger charge is 2.36. The largest absolute Gasteiger partial charge is 0.479 e. The Hall–Kier alpha value is -1.15. The van der Waals surface area contributed by atoms with Gasteiger partial charge in [-0.3, -0.25) is 0 Å². The number of carboxylic acids is 1. The first-order valence-corrected chi connectivity index (χ1v) is 6.83. The Bertz CT molecular complexity index is 453. The third kappa shape index (κ3) is 2.64. The molecule has 0 spiro atoms. The topological polar surface area (TPSA) is 91.7 Å². The van der Waals surface area contributed by atoms with Crippen molar-refractivity contribution in [2.45, 2.75) is 30.6 Å². The summed E-state index contributed by atoms with van der Waals surface area (Å²) in [4.78, 5) is 25.2. The van der Waals surface area contributed by atoms with E-state index in [0.717, 1.165) is 31.4 Å². The van der Waals surface area contributed by atoms with Crippen LogP contribution in [0.5, 0.6) is 0 Å². The number of nitrogens with zero attached hydrogens (tertiary/aromatic N) is 2. The van der Waals surface area contributed by atoms with E-state index in [0.29, 0.717) is 5.13 Å². The molecule has 1 aromatic heterocycles. The molecule has 0 fully saturated rings. The van der Waals surface area contributed by atoms with Gasteiger partial charge in [0, 0.05) is 4.88 Å². The second-order valence-electron chi connectivity index (χ2n) is 4.17. The zero-order chi connectivity index (χ0) is 13.2. The Morgan fingerprint density at radius 2 is 2.28 bits per heavy atom. The van der Waals surface area contributed by atoms with Gasteiger partial charge in [-0.1, -0.05) is 5.18 Å². The van der Waals surface area contributed by atoms with Gasteiger partial charge in [-0.15, -0.1) is 24.0 Å². The predicted octanol–water partition coefficient (Wildman–Crippen LogP) is 1.91. The number of aliphatic carboxylic acids is 1. The molecule has 0 aromatic carbocycles. The summed E-state index contributed by atoms with van der Waals surface area (Å²) < 4.78 is 0. The highest BCUT2D eigenvalue weighted by atomic mass is 32.1. The number of nitroso groups, excluding NO2 is 1. The monoisotopic (exact) mass is 287 g/mol. The van der Waals surface area contributed by atoms with Crippen molar-refractivity contribution >= 4 is 35.1 Å². The van der Waals surface area contributed by atoms with E-state index in [-0.39, 0.29) is 0 Å². The van der Waals surface area contributed by atoms with Gasteiger partial charge in [0.1, 0.15) is 6.54 Å². The molecular weight excluding hydrogens is 274 g/mol. The zero-order valence-electron chi connectivity index (χ0n) is 9.55. The van der Waals surface area contributed by atoms with Crippen LogP contribution in [0.3, 0.4) is 0 Å². The molecular formula is C10H13N3O3S2. The maximum absolute atomic E-state index is 11.1. The van der Waals surface area contributed by atoms with Crippen molar-refractivity contribution < 1.29 is 9.90 Å². The quantitative estimate of drug-likeness (QED) is 0.437. The second-order valence-corrected chi connectivity index (χ2v) is 6.02. The molecule has 18 heavy (non-hydrogen) atoms. The Morgan fingerprint density at radius 1 is 1.56 bits per heavy atom. The molecule has 0 saturated carbocycles. The second kappa shape index (κ2) is 5.23. The van der Waals surface area contributed by atoms with Crippen molar-refractivity contribution in [1.82, 2.24) is 4.98 Å². The van der Waals surface area contributed by atoms with Crippen LogP contribution >= 0.6 is 24.0 Å². The summed E-state index contributed by atoms with van der Waals surface area (Å²) in [6.07, 6.45) is 4.14. The molecule has 1 heterocycles. The van der Waals surface area contributed by atoms with Crippen LogP contribution in [-0.2, 0) is 17.6 Å². The molecule has 2 N–H and O–H groups in total. The van der Waals surface area contributed by atoms with Gasteiger partial charge in [-0.05, 0) is 25.7 Å². The van der Waals surface area contributed by atoms with Gasteiger partial charge in [0.15, 0.2) is 5.13 Å². The van der Waals surface area contributed by atoms with Gasteiger partial charge in [0.25, 0.3) is 0 Å². The molecule has 1 atom stereocenters. The van der Waals surface area contributed by atoms with Crippen LogP contribution in [0.15, 0.2) is 5.18 Å². The summed E-state index contributed by atoms with van der Waals surface area (Å²) in [6.45, 7) is -0.463. The van der Waals surface area contributed by atoms with Crippen molar-refractivity contribution in [2.75, 3.05) is 11.9 Å². The van der Waals surface area contributed by atoms with Crippen LogP contribution in [0.4, 0.5) is 5.13 Å². The van der Waals surface area contributed by atoms with Crippen LogP contribution in [-0.4, -0.2) is 27.5 Å². The van der Waals surface area contributed by atoms with Crippen LogP contribution in [0.1, 0.15) is 23.4 Å². The fourth-order valence-electron chi connectivity index (χ4n) is 1.84. The van der Waals surface area contributed by atoms with Crippen molar-refractivity contribution in [1.29, 1.82) is 0 Å². The maximum atomic E-state index is 11.1. The Morgan fingerprint density at radius 3 is 2.89 bits per heavy atom. The van der Waals surface area contributed by atoms with Crippen LogP contribution in [0.2, 0.25) is 0 Å². The number of hydrogen-bond acceptors (Lipinski definition) is 7. The minimum atomic E-state index is -1.69. The SMILES string of the molecule is O=NCC(S)(Nc1nc2c(s1)CCCC2)C(=O)O. The third-order valence-electron chi connectivity index (χ3n) is 2.81. The third-order valence-corrected chi connectivity index (χ3v) is 4.32. The smallest absolute Gasteiger partial charge is 0.341 e. The number of carbonyl (C=O) groups is 1. The lowest BCUT2D eigenvalue weighted by Gasteiger charge is -2.21. The molecule has 0 bridgehead atoms.